The van der Waals surface area contributed by atoms with Crippen molar-refractivity contribution in [2.45, 2.75) is 6.54 Å². The highest BCUT2D eigenvalue weighted by Crippen LogP contribution is 2.28. The van der Waals surface area contributed by atoms with Crippen molar-refractivity contribution in [3.05, 3.63) is 144 Å². The van der Waals surface area contributed by atoms with E-state index in [1.165, 1.54) is 0 Å². The molecule has 0 spiro atoms. The molecule has 5 rings (SSSR count). The molecule has 3 N–H and O–H groups in total. The molecule has 0 saturated heterocycles. The molecule has 0 atom stereocenters. The quantitative estimate of drug-likeness (QED) is 0.191. The molecule has 5 aromatic carbocycles. The zero-order chi connectivity index (χ0) is 28.6. The SMILES string of the molecule is COc1ccc(-c2ccc(/C(N)=C(/NCc3ccc(C#N)cc3)c3ccc(-c4ccc(OC)cc4)cc3)cc2)cc1. The first kappa shape index (κ1) is 27.1. The van der Waals surface area contributed by atoms with Crippen LogP contribution in [0.2, 0.25) is 0 Å². The predicted octanol–water partition coefficient (Wildman–Crippen LogP) is 7.48. The fourth-order valence-electron chi connectivity index (χ4n) is 4.62. The largest absolute Gasteiger partial charge is 0.497 e. The molecule has 0 radical (unpaired) electrons. The van der Waals surface area contributed by atoms with Gasteiger partial charge in [-0.3, -0.25) is 0 Å². The molecule has 5 heteroatoms. The zero-order valence-electron chi connectivity index (χ0n) is 23.1. The predicted molar refractivity (Wildman–Crippen MR) is 166 cm³/mol. The van der Waals surface area contributed by atoms with Gasteiger partial charge < -0.3 is 20.5 Å². The van der Waals surface area contributed by atoms with Gasteiger partial charge in [-0.2, -0.15) is 5.26 Å². The molecule has 0 aromatic heterocycles. The lowest BCUT2D eigenvalue weighted by Gasteiger charge is -2.17. The number of methoxy groups -OCH3 is 2. The van der Waals surface area contributed by atoms with Gasteiger partial charge >= 0.3 is 0 Å². The maximum atomic E-state index is 9.14. The number of hydrogen-bond acceptors (Lipinski definition) is 5. The van der Waals surface area contributed by atoms with E-state index in [0.29, 0.717) is 17.8 Å². The van der Waals surface area contributed by atoms with Crippen molar-refractivity contribution in [1.29, 1.82) is 5.26 Å². The Morgan fingerprint density at radius 1 is 0.610 bits per heavy atom. The Kier molecular flexibility index (Phi) is 8.32. The van der Waals surface area contributed by atoms with Gasteiger partial charge in [0.15, 0.2) is 0 Å². The second-order valence-electron chi connectivity index (χ2n) is 9.56. The summed E-state index contributed by atoms with van der Waals surface area (Å²) in [5.41, 5.74) is 16.3. The molecule has 0 aliphatic carbocycles. The number of nitrogens with one attached hydrogen (secondary N) is 1. The van der Waals surface area contributed by atoms with Crippen LogP contribution in [0.4, 0.5) is 0 Å². The van der Waals surface area contributed by atoms with Crippen LogP contribution in [0.5, 0.6) is 11.5 Å². The smallest absolute Gasteiger partial charge is 0.118 e. The molecule has 5 aromatic rings. The highest BCUT2D eigenvalue weighted by atomic mass is 16.5. The van der Waals surface area contributed by atoms with E-state index in [4.69, 9.17) is 20.5 Å². The fourth-order valence-corrected chi connectivity index (χ4v) is 4.62. The Morgan fingerprint density at radius 2 is 1.02 bits per heavy atom. The van der Waals surface area contributed by atoms with Crippen LogP contribution in [0, 0.1) is 11.3 Å². The van der Waals surface area contributed by atoms with Gasteiger partial charge in [0.25, 0.3) is 0 Å². The Balaban J connectivity index is 1.46. The summed E-state index contributed by atoms with van der Waals surface area (Å²) in [7, 11) is 3.33. The average Bonchev–Trinajstić information content (AvgIpc) is 3.05. The molecule has 0 bridgehead atoms. The summed E-state index contributed by atoms with van der Waals surface area (Å²) < 4.78 is 10.6. The van der Waals surface area contributed by atoms with Gasteiger partial charge in [-0.15, -0.1) is 0 Å². The van der Waals surface area contributed by atoms with Crippen LogP contribution in [-0.2, 0) is 6.54 Å². The Bertz CT molecular complexity index is 1660. The summed E-state index contributed by atoms with van der Waals surface area (Å²) >= 11 is 0. The molecular weight excluding hydrogens is 506 g/mol. The molecule has 202 valence electrons. The number of nitrogens with two attached hydrogens (primary N) is 1. The number of nitriles is 1. The summed E-state index contributed by atoms with van der Waals surface area (Å²) in [6.07, 6.45) is 0. The zero-order valence-corrected chi connectivity index (χ0v) is 23.1. The van der Waals surface area contributed by atoms with Crippen molar-refractivity contribution in [1.82, 2.24) is 5.32 Å². The van der Waals surface area contributed by atoms with E-state index in [-0.39, 0.29) is 0 Å². The molecule has 0 unspecified atom stereocenters. The van der Waals surface area contributed by atoms with Gasteiger partial charge in [-0.25, -0.2) is 0 Å². The molecule has 0 amide bonds. The van der Waals surface area contributed by atoms with E-state index in [1.54, 1.807) is 14.2 Å². The van der Waals surface area contributed by atoms with E-state index in [0.717, 1.165) is 56.1 Å². The highest BCUT2D eigenvalue weighted by molar-refractivity contribution is 5.89. The van der Waals surface area contributed by atoms with Crippen molar-refractivity contribution in [3.8, 4) is 39.8 Å². The van der Waals surface area contributed by atoms with E-state index < -0.39 is 0 Å². The number of nitrogens with zero attached hydrogens (tertiary/aromatic N) is 1. The van der Waals surface area contributed by atoms with Crippen LogP contribution < -0.4 is 20.5 Å². The maximum Gasteiger partial charge on any atom is 0.118 e. The topological polar surface area (TPSA) is 80.3 Å². The van der Waals surface area contributed by atoms with Crippen LogP contribution in [0.3, 0.4) is 0 Å². The van der Waals surface area contributed by atoms with Crippen LogP contribution in [0.25, 0.3) is 33.6 Å². The first-order valence-corrected chi connectivity index (χ1v) is 13.3. The molecule has 0 fully saturated rings. The first-order valence-electron chi connectivity index (χ1n) is 13.3. The van der Waals surface area contributed by atoms with Gasteiger partial charge in [0.05, 0.1) is 37.2 Å². The molecule has 0 aliphatic rings. The van der Waals surface area contributed by atoms with Gasteiger partial charge in [0.1, 0.15) is 11.5 Å². The van der Waals surface area contributed by atoms with Gasteiger partial charge in [0.2, 0.25) is 0 Å². The van der Waals surface area contributed by atoms with Gasteiger partial charge in [0, 0.05) is 6.54 Å². The van der Waals surface area contributed by atoms with Crippen LogP contribution in [0.1, 0.15) is 22.3 Å². The van der Waals surface area contributed by atoms with Crippen molar-refractivity contribution >= 4 is 11.4 Å². The lowest BCUT2D eigenvalue weighted by atomic mass is 9.99. The number of hydrogen-bond donors (Lipinski definition) is 2. The lowest BCUT2D eigenvalue weighted by molar-refractivity contribution is 0.415. The first-order chi connectivity index (χ1) is 20.1. The standard InChI is InChI=1S/C36H31N3O2/c1-40-33-19-15-29(16-20-33)27-7-11-31(12-8-27)35(38)36(39-24-26-5-3-25(23-37)4-6-26)32-13-9-28(10-14-32)30-17-21-34(41-2)22-18-30/h3-22,39H,24,38H2,1-2H3/b36-35-. The summed E-state index contributed by atoms with van der Waals surface area (Å²) in [4.78, 5) is 0. The molecule has 0 aliphatic heterocycles. The molecule has 0 heterocycles. The molecule has 5 nitrogen and oxygen atoms in total. The van der Waals surface area contributed by atoms with E-state index in [2.05, 4.69) is 47.8 Å². The minimum absolute atomic E-state index is 0.561. The van der Waals surface area contributed by atoms with Crippen molar-refractivity contribution in [2.75, 3.05) is 14.2 Å². The summed E-state index contributed by atoms with van der Waals surface area (Å²) in [5, 5.41) is 12.7. The van der Waals surface area contributed by atoms with Crippen molar-refractivity contribution in [2.24, 2.45) is 5.73 Å². The second kappa shape index (κ2) is 12.6. The van der Waals surface area contributed by atoms with E-state index in [1.807, 2.05) is 84.9 Å². The van der Waals surface area contributed by atoms with Crippen LogP contribution in [-0.4, -0.2) is 14.2 Å². The second-order valence-corrected chi connectivity index (χ2v) is 9.56. The summed E-state index contributed by atoms with van der Waals surface area (Å²) in [5.74, 6) is 1.65. The molecular formula is C36H31N3O2. The van der Waals surface area contributed by atoms with Crippen LogP contribution >= 0.6 is 0 Å². The van der Waals surface area contributed by atoms with Crippen molar-refractivity contribution in [3.63, 3.8) is 0 Å². The van der Waals surface area contributed by atoms with E-state index >= 15 is 0 Å². The number of benzene rings is 5. The fraction of sp³-hybridized carbons (Fsp3) is 0.0833. The summed E-state index contributed by atoms with van der Waals surface area (Å²) in [6, 6.07) is 42.4. The third-order valence-corrected chi connectivity index (χ3v) is 7.04. The minimum atomic E-state index is 0.561. The maximum absolute atomic E-state index is 9.14. The van der Waals surface area contributed by atoms with E-state index in [9.17, 15) is 0 Å². The highest BCUT2D eigenvalue weighted by Gasteiger charge is 2.11. The Labute approximate surface area is 241 Å². The third kappa shape index (κ3) is 6.41. The lowest BCUT2D eigenvalue weighted by Crippen LogP contribution is -2.17. The molecule has 41 heavy (non-hydrogen) atoms. The molecule has 0 saturated carbocycles. The monoisotopic (exact) mass is 537 g/mol. The van der Waals surface area contributed by atoms with Gasteiger partial charge in [-0.05, 0) is 75.3 Å². The van der Waals surface area contributed by atoms with Gasteiger partial charge in [-0.1, -0.05) is 84.9 Å². The Morgan fingerprint density at radius 3 is 1.44 bits per heavy atom. The normalized spacial score (nSPS) is 11.2. The van der Waals surface area contributed by atoms with Crippen LogP contribution in [0.15, 0.2) is 121 Å². The average molecular weight is 538 g/mol. The minimum Gasteiger partial charge on any atom is -0.497 e. The van der Waals surface area contributed by atoms with Crippen molar-refractivity contribution < 1.29 is 9.47 Å². The third-order valence-electron chi connectivity index (χ3n) is 7.04. The number of rotatable bonds is 9. The number of ether oxygens (including phenoxy) is 2. The summed E-state index contributed by atoms with van der Waals surface area (Å²) in [6.45, 7) is 0.561. The Hall–Kier alpha value is -5.47.